The molecule has 0 aliphatic heterocycles. The second-order valence-electron chi connectivity index (χ2n) is 4.70. The molecule has 14 heavy (non-hydrogen) atoms. The Morgan fingerprint density at radius 1 is 1.14 bits per heavy atom. The summed E-state index contributed by atoms with van der Waals surface area (Å²) in [5.41, 5.74) is 3.46. The van der Waals surface area contributed by atoms with Gasteiger partial charge in [0.1, 0.15) is 5.75 Å². The summed E-state index contributed by atoms with van der Waals surface area (Å²) in [6.45, 7) is 10.6. The Morgan fingerprint density at radius 3 is 1.93 bits per heavy atom. The summed E-state index contributed by atoms with van der Waals surface area (Å²) < 4.78 is 0. The van der Waals surface area contributed by atoms with Crippen molar-refractivity contribution in [2.75, 3.05) is 0 Å². The molecule has 1 nitrogen and oxygen atoms in total. The zero-order valence-corrected chi connectivity index (χ0v) is 9.81. The van der Waals surface area contributed by atoms with Gasteiger partial charge in [0.25, 0.3) is 0 Å². The summed E-state index contributed by atoms with van der Waals surface area (Å²) >= 11 is 0. The van der Waals surface area contributed by atoms with Gasteiger partial charge in [-0.15, -0.1) is 0 Å². The van der Waals surface area contributed by atoms with Crippen LogP contribution in [-0.4, -0.2) is 5.11 Å². The third-order valence-corrected chi connectivity index (χ3v) is 3.16. The molecule has 0 fully saturated rings. The first kappa shape index (κ1) is 11.1. The maximum Gasteiger partial charge on any atom is 0.121 e. The molecule has 0 heterocycles. The van der Waals surface area contributed by atoms with Crippen molar-refractivity contribution in [3.05, 3.63) is 28.8 Å². The molecule has 0 saturated carbocycles. The fraction of sp³-hybridized carbons (Fsp3) is 0.538. The molecule has 0 aliphatic rings. The molecular weight excluding hydrogens is 172 g/mol. The lowest BCUT2D eigenvalue weighted by Gasteiger charge is -2.24. The number of hydrogen-bond donors (Lipinski definition) is 1. The second kappa shape index (κ2) is 3.64. The van der Waals surface area contributed by atoms with E-state index >= 15 is 0 Å². The summed E-state index contributed by atoms with van der Waals surface area (Å²) in [7, 11) is 0. The molecule has 0 bridgehead atoms. The predicted molar refractivity (Wildman–Crippen MR) is 60.9 cm³/mol. The van der Waals surface area contributed by atoms with Gasteiger partial charge in [0.15, 0.2) is 0 Å². The van der Waals surface area contributed by atoms with Gasteiger partial charge in [-0.1, -0.05) is 32.9 Å². The Balaban J connectivity index is 3.26. The van der Waals surface area contributed by atoms with Crippen LogP contribution >= 0.6 is 0 Å². The minimum atomic E-state index is 0.198. The summed E-state index contributed by atoms with van der Waals surface area (Å²) in [6, 6.07) is 4.18. The largest absolute Gasteiger partial charge is 0.507 e. The first-order valence-corrected chi connectivity index (χ1v) is 5.19. The van der Waals surface area contributed by atoms with Gasteiger partial charge in [-0.3, -0.25) is 0 Å². The second-order valence-corrected chi connectivity index (χ2v) is 4.70. The normalized spacial score (nSPS) is 11.8. The first-order chi connectivity index (χ1) is 6.38. The summed E-state index contributed by atoms with van der Waals surface area (Å²) in [5.74, 6) is 0.431. The van der Waals surface area contributed by atoms with Crippen LogP contribution in [0.25, 0.3) is 0 Å². The molecule has 1 heteroatoms. The van der Waals surface area contributed by atoms with Crippen LogP contribution in [0, 0.1) is 13.8 Å². The van der Waals surface area contributed by atoms with Crippen LogP contribution in [0.4, 0.5) is 0 Å². The Hall–Kier alpha value is -0.980. The number of aryl methyl sites for hydroxylation is 2. The summed E-state index contributed by atoms with van der Waals surface area (Å²) in [6.07, 6.45) is 1.11. The van der Waals surface area contributed by atoms with Crippen LogP contribution in [0.3, 0.4) is 0 Å². The van der Waals surface area contributed by atoms with Crippen molar-refractivity contribution in [1.82, 2.24) is 0 Å². The van der Waals surface area contributed by atoms with Gasteiger partial charge < -0.3 is 5.11 Å². The van der Waals surface area contributed by atoms with Crippen LogP contribution in [0.2, 0.25) is 0 Å². The lowest BCUT2D eigenvalue weighted by molar-refractivity contribution is 0.462. The molecule has 0 aliphatic carbocycles. The van der Waals surface area contributed by atoms with Crippen molar-refractivity contribution in [3.63, 3.8) is 0 Å². The average molecular weight is 192 g/mol. The number of hydrogen-bond acceptors (Lipinski definition) is 1. The van der Waals surface area contributed by atoms with E-state index in [0.29, 0.717) is 5.75 Å². The Labute approximate surface area is 86.8 Å². The van der Waals surface area contributed by atoms with E-state index in [2.05, 4.69) is 32.9 Å². The maximum absolute atomic E-state index is 9.67. The van der Waals surface area contributed by atoms with Crippen molar-refractivity contribution in [2.24, 2.45) is 0 Å². The molecule has 78 valence electrons. The smallest absolute Gasteiger partial charge is 0.121 e. The minimum Gasteiger partial charge on any atom is -0.507 e. The lowest BCUT2D eigenvalue weighted by atomic mass is 9.81. The standard InChI is InChI=1S/C13H20O/c1-6-13(4,5)11-7-9(2)12(14)10(3)8-11/h7-8,14H,6H2,1-5H3. The van der Waals surface area contributed by atoms with E-state index in [1.54, 1.807) is 0 Å². The van der Waals surface area contributed by atoms with Crippen LogP contribution in [0.5, 0.6) is 5.75 Å². The molecule has 1 N–H and O–H groups in total. The van der Waals surface area contributed by atoms with Crippen LogP contribution in [-0.2, 0) is 5.41 Å². The number of aromatic hydroxyl groups is 1. The highest BCUT2D eigenvalue weighted by molar-refractivity contribution is 5.44. The SMILES string of the molecule is CCC(C)(C)c1cc(C)c(O)c(C)c1. The van der Waals surface area contributed by atoms with E-state index in [9.17, 15) is 5.11 Å². The highest BCUT2D eigenvalue weighted by Gasteiger charge is 2.19. The zero-order chi connectivity index (χ0) is 10.9. The Morgan fingerprint density at radius 2 is 1.57 bits per heavy atom. The van der Waals surface area contributed by atoms with Crippen LogP contribution in [0.15, 0.2) is 12.1 Å². The highest BCUT2D eigenvalue weighted by atomic mass is 16.3. The summed E-state index contributed by atoms with van der Waals surface area (Å²) in [4.78, 5) is 0. The van der Waals surface area contributed by atoms with Gasteiger partial charge >= 0.3 is 0 Å². The van der Waals surface area contributed by atoms with E-state index in [-0.39, 0.29) is 5.41 Å². The monoisotopic (exact) mass is 192 g/mol. The van der Waals surface area contributed by atoms with Crippen molar-refractivity contribution in [1.29, 1.82) is 0 Å². The number of rotatable bonds is 2. The molecule has 0 saturated heterocycles. The quantitative estimate of drug-likeness (QED) is 0.757. The molecule has 1 aromatic carbocycles. The van der Waals surface area contributed by atoms with E-state index in [0.717, 1.165) is 17.5 Å². The van der Waals surface area contributed by atoms with Gasteiger partial charge in [0, 0.05) is 0 Å². The highest BCUT2D eigenvalue weighted by Crippen LogP contribution is 2.32. The van der Waals surface area contributed by atoms with Gasteiger partial charge in [-0.25, -0.2) is 0 Å². The minimum absolute atomic E-state index is 0.198. The fourth-order valence-corrected chi connectivity index (χ4v) is 1.55. The van der Waals surface area contributed by atoms with Gasteiger partial charge in [0.05, 0.1) is 0 Å². The molecule has 0 radical (unpaired) electrons. The van der Waals surface area contributed by atoms with Gasteiger partial charge in [0.2, 0.25) is 0 Å². The van der Waals surface area contributed by atoms with Crippen LogP contribution in [0.1, 0.15) is 43.9 Å². The molecule has 1 rings (SSSR count). The van der Waals surface area contributed by atoms with Crippen molar-refractivity contribution in [2.45, 2.75) is 46.5 Å². The fourth-order valence-electron chi connectivity index (χ4n) is 1.55. The molecular formula is C13H20O. The molecule has 0 amide bonds. The maximum atomic E-state index is 9.67. The number of benzene rings is 1. The lowest BCUT2D eigenvalue weighted by Crippen LogP contribution is -2.15. The molecule has 0 unspecified atom stereocenters. The van der Waals surface area contributed by atoms with Crippen molar-refractivity contribution in [3.8, 4) is 5.75 Å². The number of phenolic OH excluding ortho intramolecular Hbond substituents is 1. The van der Waals surface area contributed by atoms with E-state index in [1.807, 2.05) is 13.8 Å². The van der Waals surface area contributed by atoms with Gasteiger partial charge in [-0.05, 0) is 42.4 Å². The van der Waals surface area contributed by atoms with Gasteiger partial charge in [-0.2, -0.15) is 0 Å². The number of phenols is 1. The van der Waals surface area contributed by atoms with E-state index < -0.39 is 0 Å². The molecule has 0 atom stereocenters. The third-order valence-electron chi connectivity index (χ3n) is 3.16. The molecule has 1 aromatic rings. The average Bonchev–Trinajstić information content (AvgIpc) is 2.13. The third kappa shape index (κ3) is 1.92. The van der Waals surface area contributed by atoms with E-state index in [1.165, 1.54) is 5.56 Å². The predicted octanol–water partition coefficient (Wildman–Crippen LogP) is 3.70. The molecule has 0 spiro atoms. The first-order valence-electron chi connectivity index (χ1n) is 5.19. The summed E-state index contributed by atoms with van der Waals surface area (Å²) in [5, 5.41) is 9.67. The zero-order valence-electron chi connectivity index (χ0n) is 9.81. The molecule has 0 aromatic heterocycles. The van der Waals surface area contributed by atoms with Crippen LogP contribution < -0.4 is 0 Å². The van der Waals surface area contributed by atoms with E-state index in [4.69, 9.17) is 0 Å². The van der Waals surface area contributed by atoms with Crippen molar-refractivity contribution < 1.29 is 5.11 Å². The Bertz CT molecular complexity index is 314. The topological polar surface area (TPSA) is 20.2 Å². The Kier molecular flexibility index (Phi) is 2.89. The van der Waals surface area contributed by atoms with Crippen molar-refractivity contribution >= 4 is 0 Å².